The van der Waals surface area contributed by atoms with E-state index in [1.807, 2.05) is 36.5 Å². The second kappa shape index (κ2) is 6.43. The second-order valence-electron chi connectivity index (χ2n) is 4.69. The fourth-order valence-corrected chi connectivity index (χ4v) is 4.11. The van der Waals surface area contributed by atoms with Gasteiger partial charge in [0.05, 0.1) is 12.7 Å². The Morgan fingerprint density at radius 3 is 2.64 bits per heavy atom. The van der Waals surface area contributed by atoms with Crippen LogP contribution in [0.2, 0.25) is 0 Å². The molecule has 0 unspecified atom stereocenters. The Hall–Kier alpha value is -1.96. The van der Waals surface area contributed by atoms with E-state index in [1.54, 1.807) is 28.4 Å². The standard InChI is InChI=1S/C15H15N3O2S2/c19-22(20,15-7-4-10-21-15)17-8-9-18-12-14(11-16-18)13-5-2-1-3-6-13/h1-7,10-12,17H,8-9H2. The van der Waals surface area contributed by atoms with Crippen LogP contribution < -0.4 is 4.72 Å². The molecule has 1 aromatic carbocycles. The van der Waals surface area contributed by atoms with Gasteiger partial charge in [0.15, 0.2) is 0 Å². The van der Waals surface area contributed by atoms with Crippen LogP contribution in [0.1, 0.15) is 0 Å². The summed E-state index contributed by atoms with van der Waals surface area (Å²) in [6.45, 7) is 0.785. The van der Waals surface area contributed by atoms with Gasteiger partial charge >= 0.3 is 0 Å². The van der Waals surface area contributed by atoms with Gasteiger partial charge in [-0.05, 0) is 17.0 Å². The molecule has 3 aromatic rings. The van der Waals surface area contributed by atoms with Crippen molar-refractivity contribution in [1.29, 1.82) is 0 Å². The van der Waals surface area contributed by atoms with Crippen LogP contribution in [0.4, 0.5) is 0 Å². The van der Waals surface area contributed by atoms with Crippen LogP contribution in [0.15, 0.2) is 64.4 Å². The van der Waals surface area contributed by atoms with E-state index in [4.69, 9.17) is 0 Å². The smallest absolute Gasteiger partial charge is 0.250 e. The first-order chi connectivity index (χ1) is 10.6. The van der Waals surface area contributed by atoms with Crippen molar-refractivity contribution in [2.75, 3.05) is 6.54 Å². The number of hydrogen-bond acceptors (Lipinski definition) is 4. The molecule has 5 nitrogen and oxygen atoms in total. The molecule has 0 aliphatic rings. The van der Waals surface area contributed by atoms with Crippen molar-refractivity contribution >= 4 is 21.4 Å². The lowest BCUT2D eigenvalue weighted by Crippen LogP contribution is -2.26. The molecule has 0 saturated carbocycles. The predicted octanol–water partition coefficient (Wildman–Crippen LogP) is 2.59. The molecule has 0 amide bonds. The van der Waals surface area contributed by atoms with Crippen LogP contribution >= 0.6 is 11.3 Å². The minimum Gasteiger partial charge on any atom is -0.271 e. The van der Waals surface area contributed by atoms with Crippen molar-refractivity contribution in [3.63, 3.8) is 0 Å². The fourth-order valence-electron chi connectivity index (χ4n) is 2.05. The van der Waals surface area contributed by atoms with Crippen LogP contribution in [0.3, 0.4) is 0 Å². The molecule has 1 N–H and O–H groups in total. The summed E-state index contributed by atoms with van der Waals surface area (Å²) in [6, 6.07) is 13.3. The van der Waals surface area contributed by atoms with Crippen molar-refractivity contribution in [3.05, 3.63) is 60.2 Å². The zero-order chi connectivity index (χ0) is 15.4. The summed E-state index contributed by atoms with van der Waals surface area (Å²) in [4.78, 5) is 0. The lowest BCUT2D eigenvalue weighted by Gasteiger charge is -2.04. The van der Waals surface area contributed by atoms with Crippen molar-refractivity contribution in [1.82, 2.24) is 14.5 Å². The average Bonchev–Trinajstić information content (AvgIpc) is 3.20. The van der Waals surface area contributed by atoms with Crippen LogP contribution in [0.25, 0.3) is 11.1 Å². The van der Waals surface area contributed by atoms with Gasteiger partial charge in [0.1, 0.15) is 4.21 Å². The molecule has 2 aromatic heterocycles. The highest BCUT2D eigenvalue weighted by Gasteiger charge is 2.14. The highest BCUT2D eigenvalue weighted by Crippen LogP contribution is 2.17. The molecular weight excluding hydrogens is 318 g/mol. The number of nitrogens with one attached hydrogen (secondary N) is 1. The normalized spacial score (nSPS) is 11.6. The van der Waals surface area contributed by atoms with Gasteiger partial charge in [-0.1, -0.05) is 36.4 Å². The maximum absolute atomic E-state index is 12.0. The fraction of sp³-hybridized carbons (Fsp3) is 0.133. The molecule has 3 rings (SSSR count). The average molecular weight is 333 g/mol. The van der Waals surface area contributed by atoms with E-state index in [2.05, 4.69) is 9.82 Å². The van der Waals surface area contributed by atoms with Gasteiger partial charge < -0.3 is 0 Å². The minimum atomic E-state index is -3.41. The molecule has 22 heavy (non-hydrogen) atoms. The van der Waals surface area contributed by atoms with E-state index in [1.165, 1.54) is 11.3 Å². The predicted molar refractivity (Wildman–Crippen MR) is 87.2 cm³/mol. The van der Waals surface area contributed by atoms with Gasteiger partial charge in [-0.15, -0.1) is 11.3 Å². The summed E-state index contributed by atoms with van der Waals surface area (Å²) in [6.07, 6.45) is 3.69. The van der Waals surface area contributed by atoms with E-state index in [0.717, 1.165) is 11.1 Å². The molecule has 0 saturated heterocycles. The summed E-state index contributed by atoms with van der Waals surface area (Å²) < 4.78 is 28.6. The van der Waals surface area contributed by atoms with Gasteiger partial charge in [-0.3, -0.25) is 4.68 Å². The first-order valence-electron chi connectivity index (χ1n) is 6.76. The lowest BCUT2D eigenvalue weighted by atomic mass is 10.1. The number of sulfonamides is 1. The maximum atomic E-state index is 12.0. The highest BCUT2D eigenvalue weighted by atomic mass is 32.2. The molecule has 0 aliphatic carbocycles. The molecule has 2 heterocycles. The van der Waals surface area contributed by atoms with Crippen molar-refractivity contribution < 1.29 is 8.42 Å². The molecule has 0 spiro atoms. The molecule has 114 valence electrons. The summed E-state index contributed by atoms with van der Waals surface area (Å²) in [5.41, 5.74) is 2.11. The van der Waals surface area contributed by atoms with Gasteiger partial charge in [0.2, 0.25) is 10.0 Å². The summed E-state index contributed by atoms with van der Waals surface area (Å²) in [7, 11) is -3.41. The topological polar surface area (TPSA) is 64.0 Å². The van der Waals surface area contributed by atoms with E-state index >= 15 is 0 Å². The van der Waals surface area contributed by atoms with Crippen molar-refractivity contribution in [2.24, 2.45) is 0 Å². The first kappa shape index (κ1) is 15.0. The third-order valence-electron chi connectivity index (χ3n) is 3.13. The van der Waals surface area contributed by atoms with Crippen molar-refractivity contribution in [2.45, 2.75) is 10.8 Å². The number of thiophene rings is 1. The Morgan fingerprint density at radius 2 is 1.91 bits per heavy atom. The Bertz CT molecular complexity index is 825. The number of hydrogen-bond donors (Lipinski definition) is 1. The zero-order valence-corrected chi connectivity index (χ0v) is 13.3. The zero-order valence-electron chi connectivity index (χ0n) is 11.7. The summed E-state index contributed by atoms with van der Waals surface area (Å²) >= 11 is 1.20. The Labute approximate surface area is 133 Å². The number of rotatable bonds is 6. The molecule has 0 atom stereocenters. The number of aromatic nitrogens is 2. The van der Waals surface area contributed by atoms with Gasteiger partial charge in [-0.25, -0.2) is 13.1 Å². The second-order valence-corrected chi connectivity index (χ2v) is 7.63. The largest absolute Gasteiger partial charge is 0.271 e. The van der Waals surface area contributed by atoms with Gasteiger partial charge in [-0.2, -0.15) is 5.10 Å². The molecule has 0 bridgehead atoms. The quantitative estimate of drug-likeness (QED) is 0.754. The van der Waals surface area contributed by atoms with Crippen LogP contribution in [-0.4, -0.2) is 24.7 Å². The Balaban J connectivity index is 1.60. The van der Waals surface area contributed by atoms with Crippen LogP contribution in [0.5, 0.6) is 0 Å². The van der Waals surface area contributed by atoms with Gasteiger partial charge in [0.25, 0.3) is 0 Å². The first-order valence-corrected chi connectivity index (χ1v) is 9.12. The van der Waals surface area contributed by atoms with Crippen LogP contribution in [-0.2, 0) is 16.6 Å². The van der Waals surface area contributed by atoms with Crippen molar-refractivity contribution in [3.8, 4) is 11.1 Å². The molecular formula is C15H15N3O2S2. The van der Waals surface area contributed by atoms with E-state index < -0.39 is 10.0 Å². The molecule has 0 fully saturated rings. The Kier molecular flexibility index (Phi) is 4.37. The van der Waals surface area contributed by atoms with Gasteiger partial charge in [0, 0.05) is 18.3 Å². The SMILES string of the molecule is O=S(=O)(NCCn1cc(-c2ccccc2)cn1)c1cccs1. The summed E-state index contributed by atoms with van der Waals surface area (Å²) in [5.74, 6) is 0. The Morgan fingerprint density at radius 1 is 1.09 bits per heavy atom. The monoisotopic (exact) mass is 333 g/mol. The maximum Gasteiger partial charge on any atom is 0.250 e. The van der Waals surface area contributed by atoms with Crippen LogP contribution in [0, 0.1) is 0 Å². The molecule has 0 radical (unpaired) electrons. The number of benzene rings is 1. The lowest BCUT2D eigenvalue weighted by molar-refractivity contribution is 0.562. The molecule has 7 heteroatoms. The van der Waals surface area contributed by atoms with E-state index in [-0.39, 0.29) is 0 Å². The number of nitrogens with zero attached hydrogens (tertiary/aromatic N) is 2. The highest BCUT2D eigenvalue weighted by molar-refractivity contribution is 7.91. The van der Waals surface area contributed by atoms with E-state index in [9.17, 15) is 8.42 Å². The third kappa shape index (κ3) is 3.44. The van der Waals surface area contributed by atoms with E-state index in [0.29, 0.717) is 17.3 Å². The third-order valence-corrected chi connectivity index (χ3v) is 5.99. The minimum absolute atomic E-state index is 0.302. The molecule has 0 aliphatic heterocycles. The summed E-state index contributed by atoms with van der Waals surface area (Å²) in [5, 5.41) is 6.00.